The molecule has 0 atom stereocenters. The summed E-state index contributed by atoms with van der Waals surface area (Å²) < 4.78 is 0. The van der Waals surface area contributed by atoms with Gasteiger partial charge < -0.3 is 15.7 Å². The highest BCUT2D eigenvalue weighted by Gasteiger charge is 2.21. The summed E-state index contributed by atoms with van der Waals surface area (Å²) in [5, 5.41) is 15.0. The van der Waals surface area contributed by atoms with Crippen LogP contribution >= 0.6 is 0 Å². The van der Waals surface area contributed by atoms with Crippen molar-refractivity contribution in [3.05, 3.63) is 35.4 Å². The Morgan fingerprint density at radius 2 is 2.11 bits per heavy atom. The predicted molar refractivity (Wildman–Crippen MR) is 69.8 cm³/mol. The second-order valence-corrected chi connectivity index (χ2v) is 4.83. The number of aliphatic hydroxyl groups is 1. The van der Waals surface area contributed by atoms with E-state index in [9.17, 15) is 4.79 Å². The molecule has 1 aliphatic rings. The molecule has 0 aromatic heterocycles. The molecule has 1 amide bonds. The van der Waals surface area contributed by atoms with E-state index < -0.39 is 0 Å². The van der Waals surface area contributed by atoms with Gasteiger partial charge in [-0.2, -0.15) is 0 Å². The first-order chi connectivity index (χ1) is 8.78. The molecule has 0 aliphatic heterocycles. The SMILES string of the molecule is O=C(CNCc1cccc(CO)c1)NCC1CC1. The maximum Gasteiger partial charge on any atom is 0.233 e. The minimum atomic E-state index is 0.0513. The Labute approximate surface area is 107 Å². The molecule has 1 aromatic rings. The molecule has 0 radical (unpaired) electrons. The van der Waals surface area contributed by atoms with Gasteiger partial charge in [0.25, 0.3) is 0 Å². The lowest BCUT2D eigenvalue weighted by molar-refractivity contribution is -0.120. The molecule has 0 saturated heterocycles. The number of aliphatic hydroxyl groups excluding tert-OH is 1. The molecule has 0 unspecified atom stereocenters. The number of carbonyl (C=O) groups is 1. The van der Waals surface area contributed by atoms with Gasteiger partial charge in [0.05, 0.1) is 13.2 Å². The van der Waals surface area contributed by atoms with E-state index in [1.165, 1.54) is 12.8 Å². The van der Waals surface area contributed by atoms with Gasteiger partial charge in [-0.25, -0.2) is 0 Å². The molecule has 3 N–H and O–H groups in total. The highest BCUT2D eigenvalue weighted by atomic mass is 16.3. The van der Waals surface area contributed by atoms with E-state index in [1.807, 2.05) is 24.3 Å². The largest absolute Gasteiger partial charge is 0.392 e. The molecule has 0 spiro atoms. The topological polar surface area (TPSA) is 61.4 Å². The number of benzene rings is 1. The van der Waals surface area contributed by atoms with Crippen molar-refractivity contribution in [2.75, 3.05) is 13.1 Å². The van der Waals surface area contributed by atoms with Crippen molar-refractivity contribution < 1.29 is 9.90 Å². The minimum absolute atomic E-state index is 0.0513. The quantitative estimate of drug-likeness (QED) is 0.668. The van der Waals surface area contributed by atoms with Gasteiger partial charge >= 0.3 is 0 Å². The predicted octanol–water partition coefficient (Wildman–Crippen LogP) is 0.795. The van der Waals surface area contributed by atoms with Gasteiger partial charge in [-0.15, -0.1) is 0 Å². The van der Waals surface area contributed by atoms with Crippen LogP contribution in [0.15, 0.2) is 24.3 Å². The molecule has 1 aromatic carbocycles. The Morgan fingerprint density at radius 1 is 1.33 bits per heavy atom. The van der Waals surface area contributed by atoms with Crippen molar-refractivity contribution >= 4 is 5.91 Å². The van der Waals surface area contributed by atoms with E-state index in [-0.39, 0.29) is 12.5 Å². The van der Waals surface area contributed by atoms with Crippen LogP contribution in [0.1, 0.15) is 24.0 Å². The first-order valence-electron chi connectivity index (χ1n) is 6.44. The molecule has 0 bridgehead atoms. The molecule has 1 fully saturated rings. The highest BCUT2D eigenvalue weighted by molar-refractivity contribution is 5.77. The van der Waals surface area contributed by atoms with Crippen LogP contribution in [0.5, 0.6) is 0 Å². The van der Waals surface area contributed by atoms with Crippen molar-refractivity contribution in [3.8, 4) is 0 Å². The Bertz CT molecular complexity index is 403. The number of nitrogens with one attached hydrogen (secondary N) is 2. The standard InChI is InChI=1S/C14H20N2O2/c17-10-13-3-1-2-12(6-13)7-15-9-14(18)16-8-11-4-5-11/h1-3,6,11,15,17H,4-5,7-10H2,(H,16,18). The molecule has 18 heavy (non-hydrogen) atoms. The van der Waals surface area contributed by atoms with Crippen LogP contribution in [0.25, 0.3) is 0 Å². The minimum Gasteiger partial charge on any atom is -0.392 e. The second kappa shape index (κ2) is 6.52. The third-order valence-electron chi connectivity index (χ3n) is 3.07. The summed E-state index contributed by atoms with van der Waals surface area (Å²) in [6.45, 7) is 1.86. The van der Waals surface area contributed by atoms with Gasteiger partial charge in [-0.3, -0.25) is 4.79 Å². The van der Waals surface area contributed by atoms with E-state index in [4.69, 9.17) is 5.11 Å². The number of hydrogen-bond acceptors (Lipinski definition) is 3. The third-order valence-corrected chi connectivity index (χ3v) is 3.07. The van der Waals surface area contributed by atoms with Crippen LogP contribution < -0.4 is 10.6 Å². The average Bonchev–Trinajstić information content (AvgIpc) is 3.21. The zero-order valence-corrected chi connectivity index (χ0v) is 10.5. The van der Waals surface area contributed by atoms with E-state index >= 15 is 0 Å². The van der Waals surface area contributed by atoms with Crippen molar-refractivity contribution in [1.29, 1.82) is 0 Å². The monoisotopic (exact) mass is 248 g/mol. The van der Waals surface area contributed by atoms with Gasteiger partial charge in [-0.1, -0.05) is 24.3 Å². The lowest BCUT2D eigenvalue weighted by Crippen LogP contribution is -2.34. The lowest BCUT2D eigenvalue weighted by atomic mass is 10.1. The smallest absolute Gasteiger partial charge is 0.233 e. The van der Waals surface area contributed by atoms with E-state index in [2.05, 4.69) is 10.6 Å². The fraction of sp³-hybridized carbons (Fsp3) is 0.500. The maximum absolute atomic E-state index is 11.5. The van der Waals surface area contributed by atoms with Gasteiger partial charge in [0.15, 0.2) is 0 Å². The van der Waals surface area contributed by atoms with Crippen molar-refractivity contribution in [3.63, 3.8) is 0 Å². The molecule has 0 heterocycles. The molecule has 1 saturated carbocycles. The van der Waals surface area contributed by atoms with Gasteiger partial charge in [0.2, 0.25) is 5.91 Å². The molecule has 4 heteroatoms. The van der Waals surface area contributed by atoms with Crippen LogP contribution in [0.2, 0.25) is 0 Å². The van der Waals surface area contributed by atoms with Gasteiger partial charge in [0, 0.05) is 13.1 Å². The molecule has 1 aliphatic carbocycles. The normalized spacial score (nSPS) is 14.5. The van der Waals surface area contributed by atoms with E-state index in [0.717, 1.165) is 23.6 Å². The van der Waals surface area contributed by atoms with E-state index in [0.29, 0.717) is 13.1 Å². The van der Waals surface area contributed by atoms with Crippen molar-refractivity contribution in [1.82, 2.24) is 10.6 Å². The van der Waals surface area contributed by atoms with Gasteiger partial charge in [-0.05, 0) is 29.9 Å². The molecular formula is C14H20N2O2. The molecule has 98 valence electrons. The summed E-state index contributed by atoms with van der Waals surface area (Å²) in [7, 11) is 0. The van der Waals surface area contributed by atoms with Crippen molar-refractivity contribution in [2.45, 2.75) is 26.0 Å². The average molecular weight is 248 g/mol. The fourth-order valence-corrected chi connectivity index (χ4v) is 1.80. The fourth-order valence-electron chi connectivity index (χ4n) is 1.80. The van der Waals surface area contributed by atoms with Crippen LogP contribution in [-0.4, -0.2) is 24.1 Å². The number of hydrogen-bond donors (Lipinski definition) is 3. The van der Waals surface area contributed by atoms with E-state index in [1.54, 1.807) is 0 Å². The lowest BCUT2D eigenvalue weighted by Gasteiger charge is -2.07. The zero-order chi connectivity index (χ0) is 12.8. The summed E-state index contributed by atoms with van der Waals surface area (Å²) in [5.74, 6) is 0.774. The van der Waals surface area contributed by atoms with Crippen LogP contribution in [0.4, 0.5) is 0 Å². The van der Waals surface area contributed by atoms with Crippen molar-refractivity contribution in [2.24, 2.45) is 5.92 Å². The summed E-state index contributed by atoms with van der Waals surface area (Å²) in [6.07, 6.45) is 2.50. The maximum atomic E-state index is 11.5. The Balaban J connectivity index is 1.65. The third kappa shape index (κ3) is 4.47. The summed E-state index contributed by atoms with van der Waals surface area (Å²) in [5.41, 5.74) is 1.98. The van der Waals surface area contributed by atoms with Crippen LogP contribution in [-0.2, 0) is 17.9 Å². The van der Waals surface area contributed by atoms with Crippen LogP contribution in [0, 0.1) is 5.92 Å². The summed E-state index contributed by atoms with van der Waals surface area (Å²) >= 11 is 0. The molecule has 2 rings (SSSR count). The van der Waals surface area contributed by atoms with Crippen LogP contribution in [0.3, 0.4) is 0 Å². The highest BCUT2D eigenvalue weighted by Crippen LogP contribution is 2.27. The Morgan fingerprint density at radius 3 is 2.83 bits per heavy atom. The Hall–Kier alpha value is -1.39. The number of rotatable bonds is 7. The molecular weight excluding hydrogens is 228 g/mol. The second-order valence-electron chi connectivity index (χ2n) is 4.83. The first-order valence-corrected chi connectivity index (χ1v) is 6.44. The number of amides is 1. The zero-order valence-electron chi connectivity index (χ0n) is 10.5. The number of carbonyl (C=O) groups excluding carboxylic acids is 1. The Kier molecular flexibility index (Phi) is 4.73. The summed E-state index contributed by atoms with van der Waals surface area (Å²) in [4.78, 5) is 11.5. The molecule has 4 nitrogen and oxygen atoms in total. The summed E-state index contributed by atoms with van der Waals surface area (Å²) in [6, 6.07) is 7.71. The van der Waals surface area contributed by atoms with Gasteiger partial charge in [0.1, 0.15) is 0 Å². The first kappa shape index (κ1) is 13.1.